The number of nitrogens with one attached hydrogen (secondary N) is 2. The van der Waals surface area contributed by atoms with Crippen LogP contribution < -0.4 is 5.32 Å². The van der Waals surface area contributed by atoms with Gasteiger partial charge in [0.2, 0.25) is 5.91 Å². The van der Waals surface area contributed by atoms with Crippen molar-refractivity contribution >= 4 is 30.7 Å². The van der Waals surface area contributed by atoms with E-state index < -0.39 is 0 Å². The summed E-state index contributed by atoms with van der Waals surface area (Å²) < 4.78 is 0. The zero-order valence-electron chi connectivity index (χ0n) is 13.4. The third-order valence-corrected chi connectivity index (χ3v) is 4.69. The molecule has 0 bridgehead atoms. The number of likely N-dealkylation sites (tertiary alicyclic amines) is 1. The normalized spacial score (nSPS) is 19.7. The standard InChI is InChI=1S/C15H25N5O.2ClH/c21-15(20-9-4-16-5-10-20)3-8-19-6-1-13(2-7-19)14-11-17-18-12-14;;/h11-13,16H,1-10H2,(H,17,18);2*1H. The van der Waals surface area contributed by atoms with Gasteiger partial charge in [-0.2, -0.15) is 5.10 Å². The third kappa shape index (κ3) is 5.64. The molecule has 1 amide bonds. The van der Waals surface area contributed by atoms with Crippen LogP contribution in [0, 0.1) is 0 Å². The largest absolute Gasteiger partial charge is 0.340 e. The van der Waals surface area contributed by atoms with Crippen LogP contribution in [0.5, 0.6) is 0 Å². The number of piperidine rings is 1. The van der Waals surface area contributed by atoms with Crippen LogP contribution in [-0.4, -0.2) is 71.7 Å². The Morgan fingerprint density at radius 2 is 1.87 bits per heavy atom. The molecule has 23 heavy (non-hydrogen) atoms. The fourth-order valence-corrected chi connectivity index (χ4v) is 3.30. The number of nitrogens with zero attached hydrogens (tertiary/aromatic N) is 3. The van der Waals surface area contributed by atoms with Gasteiger partial charge in [0.05, 0.1) is 6.20 Å². The lowest BCUT2D eigenvalue weighted by Crippen LogP contribution is -2.47. The minimum absolute atomic E-state index is 0. The van der Waals surface area contributed by atoms with Crippen LogP contribution in [0.25, 0.3) is 0 Å². The molecule has 8 heteroatoms. The van der Waals surface area contributed by atoms with Crippen LogP contribution in [0.1, 0.15) is 30.7 Å². The molecule has 0 radical (unpaired) electrons. The van der Waals surface area contributed by atoms with Gasteiger partial charge in [0, 0.05) is 45.3 Å². The lowest BCUT2D eigenvalue weighted by atomic mass is 9.91. The quantitative estimate of drug-likeness (QED) is 0.844. The Morgan fingerprint density at radius 3 is 2.48 bits per heavy atom. The van der Waals surface area contributed by atoms with Crippen LogP contribution in [0.3, 0.4) is 0 Å². The molecule has 3 rings (SSSR count). The second kappa shape index (κ2) is 10.1. The fraction of sp³-hybridized carbons (Fsp3) is 0.733. The Bertz CT molecular complexity index is 443. The predicted octanol–water partition coefficient (Wildman–Crippen LogP) is 1.25. The number of carbonyl (C=O) groups is 1. The van der Waals surface area contributed by atoms with Crippen molar-refractivity contribution in [3.05, 3.63) is 18.0 Å². The molecule has 1 aromatic heterocycles. The van der Waals surface area contributed by atoms with E-state index in [-0.39, 0.29) is 24.8 Å². The zero-order chi connectivity index (χ0) is 14.5. The average Bonchev–Trinajstić information content (AvgIpc) is 3.08. The maximum absolute atomic E-state index is 12.2. The molecule has 2 aliphatic rings. The van der Waals surface area contributed by atoms with E-state index in [4.69, 9.17) is 0 Å². The monoisotopic (exact) mass is 363 g/mol. The van der Waals surface area contributed by atoms with Gasteiger partial charge in [0.25, 0.3) is 0 Å². The summed E-state index contributed by atoms with van der Waals surface area (Å²) in [5, 5.41) is 10.2. The van der Waals surface area contributed by atoms with Crippen LogP contribution >= 0.6 is 24.8 Å². The summed E-state index contributed by atoms with van der Waals surface area (Å²) in [4.78, 5) is 16.6. The van der Waals surface area contributed by atoms with E-state index in [1.54, 1.807) is 0 Å². The van der Waals surface area contributed by atoms with Crippen LogP contribution in [0.15, 0.2) is 12.4 Å². The summed E-state index contributed by atoms with van der Waals surface area (Å²) in [6.45, 7) is 6.67. The van der Waals surface area contributed by atoms with E-state index in [1.807, 2.05) is 17.3 Å². The molecule has 0 saturated carbocycles. The summed E-state index contributed by atoms with van der Waals surface area (Å²) in [5.74, 6) is 0.942. The Labute approximate surface area is 150 Å². The first-order chi connectivity index (χ1) is 10.3. The van der Waals surface area contributed by atoms with Crippen LogP contribution in [0.2, 0.25) is 0 Å². The van der Waals surface area contributed by atoms with Crippen LogP contribution in [-0.2, 0) is 4.79 Å². The van der Waals surface area contributed by atoms with Gasteiger partial charge in [-0.3, -0.25) is 9.89 Å². The summed E-state index contributed by atoms with van der Waals surface area (Å²) in [5.41, 5.74) is 1.33. The van der Waals surface area contributed by atoms with E-state index in [1.165, 1.54) is 18.4 Å². The van der Waals surface area contributed by atoms with Crippen molar-refractivity contribution in [2.45, 2.75) is 25.2 Å². The number of piperazine rings is 1. The number of H-pyrrole nitrogens is 1. The number of rotatable bonds is 4. The van der Waals surface area contributed by atoms with Crippen molar-refractivity contribution in [2.75, 3.05) is 45.8 Å². The number of carbonyl (C=O) groups excluding carboxylic acids is 1. The van der Waals surface area contributed by atoms with Crippen molar-refractivity contribution in [1.29, 1.82) is 0 Å². The van der Waals surface area contributed by atoms with Gasteiger partial charge in [0.15, 0.2) is 0 Å². The smallest absolute Gasteiger partial charge is 0.223 e. The summed E-state index contributed by atoms with van der Waals surface area (Å²) in [6, 6.07) is 0. The lowest BCUT2D eigenvalue weighted by Gasteiger charge is -2.32. The highest BCUT2D eigenvalue weighted by atomic mass is 35.5. The molecular weight excluding hydrogens is 337 g/mol. The molecule has 132 valence electrons. The van der Waals surface area contributed by atoms with E-state index >= 15 is 0 Å². The Balaban J connectivity index is 0.00000132. The molecule has 0 unspecified atom stereocenters. The average molecular weight is 364 g/mol. The SMILES string of the molecule is Cl.Cl.O=C(CCN1CCC(c2cn[nH]c2)CC1)N1CCNCC1. The Kier molecular flexibility index (Phi) is 8.91. The molecule has 0 aliphatic carbocycles. The van der Waals surface area contributed by atoms with Gasteiger partial charge in [-0.05, 0) is 37.4 Å². The highest BCUT2D eigenvalue weighted by Crippen LogP contribution is 2.27. The third-order valence-electron chi connectivity index (χ3n) is 4.69. The van der Waals surface area contributed by atoms with Crippen LogP contribution in [0.4, 0.5) is 0 Å². The van der Waals surface area contributed by atoms with Crippen molar-refractivity contribution in [1.82, 2.24) is 25.3 Å². The van der Waals surface area contributed by atoms with E-state index in [2.05, 4.69) is 20.4 Å². The maximum Gasteiger partial charge on any atom is 0.223 e. The summed E-state index contributed by atoms with van der Waals surface area (Å²) in [7, 11) is 0. The fourth-order valence-electron chi connectivity index (χ4n) is 3.30. The molecule has 2 fully saturated rings. The first-order valence-electron chi connectivity index (χ1n) is 8.02. The number of hydrogen-bond acceptors (Lipinski definition) is 4. The molecule has 3 heterocycles. The van der Waals surface area contributed by atoms with E-state index in [0.717, 1.165) is 45.8 Å². The Morgan fingerprint density at radius 1 is 1.17 bits per heavy atom. The van der Waals surface area contributed by atoms with Gasteiger partial charge < -0.3 is 15.1 Å². The molecule has 0 aromatic carbocycles. The number of amides is 1. The number of hydrogen-bond donors (Lipinski definition) is 2. The Hall–Kier alpha value is -0.820. The molecule has 0 atom stereocenters. The molecule has 6 nitrogen and oxygen atoms in total. The minimum atomic E-state index is 0. The van der Waals surface area contributed by atoms with Gasteiger partial charge in [0.1, 0.15) is 0 Å². The van der Waals surface area contributed by atoms with E-state index in [9.17, 15) is 4.79 Å². The first-order valence-corrected chi connectivity index (χ1v) is 8.02. The minimum Gasteiger partial charge on any atom is -0.340 e. The molecular formula is C15H27Cl2N5O. The molecule has 0 spiro atoms. The van der Waals surface area contributed by atoms with Gasteiger partial charge >= 0.3 is 0 Å². The second-order valence-electron chi connectivity index (χ2n) is 6.03. The highest BCUT2D eigenvalue weighted by molar-refractivity contribution is 5.85. The molecule has 1 aromatic rings. The van der Waals surface area contributed by atoms with Gasteiger partial charge in [-0.15, -0.1) is 24.8 Å². The molecule has 2 aliphatic heterocycles. The number of aromatic amines is 1. The first kappa shape index (κ1) is 20.2. The van der Waals surface area contributed by atoms with Crippen molar-refractivity contribution in [2.24, 2.45) is 0 Å². The summed E-state index contributed by atoms with van der Waals surface area (Å²) >= 11 is 0. The number of aromatic nitrogens is 2. The topological polar surface area (TPSA) is 64.3 Å². The predicted molar refractivity (Wildman–Crippen MR) is 95.6 cm³/mol. The molecule has 2 saturated heterocycles. The second-order valence-corrected chi connectivity index (χ2v) is 6.03. The maximum atomic E-state index is 12.2. The van der Waals surface area contributed by atoms with E-state index in [0.29, 0.717) is 18.2 Å². The molecule has 2 N–H and O–H groups in total. The van der Waals surface area contributed by atoms with Gasteiger partial charge in [-0.25, -0.2) is 0 Å². The lowest BCUT2D eigenvalue weighted by molar-refractivity contribution is -0.132. The van der Waals surface area contributed by atoms with Crippen molar-refractivity contribution < 1.29 is 4.79 Å². The van der Waals surface area contributed by atoms with Crippen molar-refractivity contribution in [3.63, 3.8) is 0 Å². The van der Waals surface area contributed by atoms with Crippen molar-refractivity contribution in [3.8, 4) is 0 Å². The number of halogens is 2. The van der Waals surface area contributed by atoms with Gasteiger partial charge in [-0.1, -0.05) is 0 Å². The zero-order valence-corrected chi connectivity index (χ0v) is 15.0. The highest BCUT2D eigenvalue weighted by Gasteiger charge is 2.22. The summed E-state index contributed by atoms with van der Waals surface area (Å²) in [6.07, 6.45) is 6.95.